The van der Waals surface area contributed by atoms with Crippen LogP contribution in [0.1, 0.15) is 25.3 Å². The molecule has 0 bridgehead atoms. The molecule has 0 aliphatic heterocycles. The molecule has 0 amide bonds. The quantitative estimate of drug-likeness (QED) is 0.792. The van der Waals surface area contributed by atoms with Crippen LogP contribution in [0, 0.1) is 5.92 Å². The predicted octanol–water partition coefficient (Wildman–Crippen LogP) is 1.99. The van der Waals surface area contributed by atoms with E-state index in [1.165, 1.54) is 0 Å². The van der Waals surface area contributed by atoms with Gasteiger partial charge in [-0.15, -0.1) is 0 Å². The summed E-state index contributed by atoms with van der Waals surface area (Å²) in [6.45, 7) is 3.61. The molecule has 2 heteroatoms. The molecule has 0 aromatic heterocycles. The van der Waals surface area contributed by atoms with E-state index in [4.69, 9.17) is 5.11 Å². The zero-order valence-electron chi connectivity index (χ0n) is 8.60. The Kier molecular flexibility index (Phi) is 3.84. The maximum atomic E-state index is 11.5. The first-order chi connectivity index (χ1) is 6.66. The maximum absolute atomic E-state index is 11.5. The van der Waals surface area contributed by atoms with E-state index in [0.29, 0.717) is 0 Å². The second kappa shape index (κ2) is 4.91. The Balaban J connectivity index is 2.95. The number of benzene rings is 1. The predicted molar refractivity (Wildman–Crippen MR) is 56.1 cm³/mol. The van der Waals surface area contributed by atoms with Crippen molar-refractivity contribution in [3.05, 3.63) is 35.9 Å². The summed E-state index contributed by atoms with van der Waals surface area (Å²) in [5.41, 5.74) is 0.988. The third kappa shape index (κ3) is 2.42. The minimum Gasteiger partial charge on any atom is -0.389 e. The van der Waals surface area contributed by atoms with Crippen molar-refractivity contribution >= 4 is 5.78 Å². The molecule has 1 aromatic carbocycles. The van der Waals surface area contributed by atoms with Crippen LogP contribution < -0.4 is 0 Å². The molecule has 0 fully saturated rings. The van der Waals surface area contributed by atoms with Crippen LogP contribution in [0.2, 0.25) is 0 Å². The summed E-state index contributed by atoms with van der Waals surface area (Å²) >= 11 is 0. The van der Waals surface area contributed by atoms with E-state index in [1.807, 2.05) is 44.2 Å². The van der Waals surface area contributed by atoms with Gasteiger partial charge in [0.25, 0.3) is 0 Å². The highest BCUT2D eigenvalue weighted by molar-refractivity contribution is 5.86. The number of Topliss-reactive ketones (excluding diaryl/α,β-unsaturated/α-hetero) is 1. The molecule has 0 saturated heterocycles. The number of hydrogen-bond acceptors (Lipinski definition) is 2. The summed E-state index contributed by atoms with van der Waals surface area (Å²) in [7, 11) is 0. The van der Waals surface area contributed by atoms with Gasteiger partial charge in [0, 0.05) is 5.92 Å². The Morgan fingerprint density at radius 3 is 2.29 bits per heavy atom. The summed E-state index contributed by atoms with van der Waals surface area (Å²) in [5, 5.41) is 8.87. The van der Waals surface area contributed by atoms with Crippen LogP contribution in [-0.2, 0) is 4.79 Å². The highest BCUT2D eigenvalue weighted by atomic mass is 16.3. The van der Waals surface area contributed by atoms with Crippen molar-refractivity contribution in [2.45, 2.75) is 19.8 Å². The number of ketones is 1. The number of rotatable bonds is 4. The zero-order valence-corrected chi connectivity index (χ0v) is 8.60. The second-order valence-corrected chi connectivity index (χ2v) is 3.76. The zero-order chi connectivity index (χ0) is 10.6. The van der Waals surface area contributed by atoms with Gasteiger partial charge in [0.15, 0.2) is 5.78 Å². The number of hydrogen-bond donors (Lipinski definition) is 1. The van der Waals surface area contributed by atoms with Crippen molar-refractivity contribution < 1.29 is 9.90 Å². The lowest BCUT2D eigenvalue weighted by atomic mass is 9.85. The topological polar surface area (TPSA) is 37.3 Å². The van der Waals surface area contributed by atoms with Crippen molar-refractivity contribution in [1.82, 2.24) is 0 Å². The van der Waals surface area contributed by atoms with Crippen LogP contribution in [0.4, 0.5) is 0 Å². The normalized spacial score (nSPS) is 12.9. The van der Waals surface area contributed by atoms with Crippen LogP contribution in [-0.4, -0.2) is 17.5 Å². The van der Waals surface area contributed by atoms with E-state index in [-0.39, 0.29) is 24.2 Å². The van der Waals surface area contributed by atoms with Crippen LogP contribution in [0.3, 0.4) is 0 Å². The monoisotopic (exact) mass is 192 g/mol. The van der Waals surface area contributed by atoms with Gasteiger partial charge >= 0.3 is 0 Å². The van der Waals surface area contributed by atoms with Gasteiger partial charge in [0.05, 0.1) is 0 Å². The van der Waals surface area contributed by atoms with E-state index < -0.39 is 0 Å². The molecule has 1 N–H and O–H groups in total. The van der Waals surface area contributed by atoms with E-state index in [1.54, 1.807) is 0 Å². The van der Waals surface area contributed by atoms with Gasteiger partial charge in [-0.3, -0.25) is 4.79 Å². The number of aliphatic hydroxyl groups is 1. The van der Waals surface area contributed by atoms with E-state index in [2.05, 4.69) is 0 Å². The Morgan fingerprint density at radius 2 is 1.86 bits per heavy atom. The molecule has 76 valence electrons. The first-order valence-corrected chi connectivity index (χ1v) is 4.85. The fourth-order valence-electron chi connectivity index (χ4n) is 1.70. The van der Waals surface area contributed by atoms with E-state index in [0.717, 1.165) is 5.56 Å². The minimum atomic E-state index is -0.377. The van der Waals surface area contributed by atoms with Crippen LogP contribution in [0.25, 0.3) is 0 Å². The van der Waals surface area contributed by atoms with Gasteiger partial charge in [0.1, 0.15) is 6.61 Å². The highest BCUT2D eigenvalue weighted by Crippen LogP contribution is 2.24. The van der Waals surface area contributed by atoms with Gasteiger partial charge < -0.3 is 5.11 Å². The van der Waals surface area contributed by atoms with Crippen LogP contribution in [0.5, 0.6) is 0 Å². The fraction of sp³-hybridized carbons (Fsp3) is 0.417. The lowest BCUT2D eigenvalue weighted by Crippen LogP contribution is -2.21. The largest absolute Gasteiger partial charge is 0.389 e. The molecule has 0 radical (unpaired) electrons. The molecule has 14 heavy (non-hydrogen) atoms. The van der Waals surface area contributed by atoms with Gasteiger partial charge in [0.2, 0.25) is 0 Å². The van der Waals surface area contributed by atoms with Crippen molar-refractivity contribution in [3.8, 4) is 0 Å². The van der Waals surface area contributed by atoms with Crippen LogP contribution >= 0.6 is 0 Å². The number of aliphatic hydroxyl groups excluding tert-OH is 1. The SMILES string of the molecule is CC(C)[C@H](C(=O)CO)c1ccccc1. The van der Waals surface area contributed by atoms with Crippen molar-refractivity contribution in [1.29, 1.82) is 0 Å². The number of carbonyl (C=O) groups is 1. The van der Waals surface area contributed by atoms with E-state index >= 15 is 0 Å². The van der Waals surface area contributed by atoms with Gasteiger partial charge in [-0.25, -0.2) is 0 Å². The average molecular weight is 192 g/mol. The first-order valence-electron chi connectivity index (χ1n) is 4.85. The molecule has 0 spiro atoms. The molecule has 1 aromatic rings. The molecule has 0 aliphatic carbocycles. The maximum Gasteiger partial charge on any atom is 0.165 e. The Morgan fingerprint density at radius 1 is 1.29 bits per heavy atom. The van der Waals surface area contributed by atoms with Gasteiger partial charge in [-0.05, 0) is 11.5 Å². The molecule has 1 rings (SSSR count). The first kappa shape index (κ1) is 10.9. The molecular formula is C12H16O2. The Hall–Kier alpha value is -1.15. The van der Waals surface area contributed by atoms with Crippen LogP contribution in [0.15, 0.2) is 30.3 Å². The third-order valence-electron chi connectivity index (χ3n) is 2.33. The van der Waals surface area contributed by atoms with Gasteiger partial charge in [-0.2, -0.15) is 0 Å². The Bertz CT molecular complexity index is 290. The summed E-state index contributed by atoms with van der Waals surface area (Å²) in [6.07, 6.45) is 0. The standard InChI is InChI=1S/C12H16O2/c1-9(2)12(11(14)8-13)10-6-4-3-5-7-10/h3-7,9,12-13H,8H2,1-2H3/t12-/m0/s1. The average Bonchev–Trinajstić information content (AvgIpc) is 2.19. The molecule has 0 saturated carbocycles. The number of carbonyl (C=O) groups excluding carboxylic acids is 1. The highest BCUT2D eigenvalue weighted by Gasteiger charge is 2.22. The lowest BCUT2D eigenvalue weighted by Gasteiger charge is -2.18. The summed E-state index contributed by atoms with van der Waals surface area (Å²) < 4.78 is 0. The molecule has 2 nitrogen and oxygen atoms in total. The summed E-state index contributed by atoms with van der Waals surface area (Å²) in [5.74, 6) is -0.0653. The molecular weight excluding hydrogens is 176 g/mol. The van der Waals surface area contributed by atoms with Crippen molar-refractivity contribution in [2.24, 2.45) is 5.92 Å². The van der Waals surface area contributed by atoms with Crippen molar-refractivity contribution in [2.75, 3.05) is 6.61 Å². The molecule has 0 heterocycles. The van der Waals surface area contributed by atoms with E-state index in [9.17, 15) is 4.79 Å². The smallest absolute Gasteiger partial charge is 0.165 e. The summed E-state index contributed by atoms with van der Waals surface area (Å²) in [6, 6.07) is 9.60. The van der Waals surface area contributed by atoms with Crippen molar-refractivity contribution in [3.63, 3.8) is 0 Å². The Labute approximate surface area is 84.6 Å². The fourth-order valence-corrected chi connectivity index (χ4v) is 1.70. The molecule has 0 aliphatic rings. The minimum absolute atomic E-state index is 0.105. The second-order valence-electron chi connectivity index (χ2n) is 3.76. The molecule has 1 atom stereocenters. The third-order valence-corrected chi connectivity index (χ3v) is 2.33. The summed E-state index contributed by atoms with van der Waals surface area (Å²) in [4.78, 5) is 11.5. The lowest BCUT2D eigenvalue weighted by molar-refractivity contribution is -0.124. The molecule has 0 unspecified atom stereocenters. The van der Waals surface area contributed by atoms with Gasteiger partial charge in [-0.1, -0.05) is 44.2 Å².